The third-order valence-corrected chi connectivity index (χ3v) is 5.95. The molecule has 4 aromatic rings. The van der Waals surface area contributed by atoms with Gasteiger partial charge in [0.25, 0.3) is 5.56 Å². The monoisotopic (exact) mass is 469 g/mol. The van der Waals surface area contributed by atoms with Crippen LogP contribution in [0.5, 0.6) is 0 Å². The van der Waals surface area contributed by atoms with Gasteiger partial charge in [-0.05, 0) is 49.7 Å². The summed E-state index contributed by atoms with van der Waals surface area (Å²) in [5.74, 6) is -1.24. The van der Waals surface area contributed by atoms with E-state index in [0.717, 1.165) is 11.8 Å². The van der Waals surface area contributed by atoms with E-state index in [2.05, 4.69) is 15.4 Å². The average molecular weight is 470 g/mol. The lowest BCUT2D eigenvalue weighted by molar-refractivity contribution is -0.113. The van der Waals surface area contributed by atoms with E-state index in [1.165, 1.54) is 34.9 Å². The highest BCUT2D eigenvalue weighted by atomic mass is 32.2. The smallest absolute Gasteiger partial charge is 0.280 e. The average Bonchev–Trinajstić information content (AvgIpc) is 3.11. The molecule has 0 unspecified atom stereocenters. The number of thioether (sulfide) groups is 1. The number of rotatable bonds is 7. The van der Waals surface area contributed by atoms with Gasteiger partial charge in [0.15, 0.2) is 10.7 Å². The normalized spacial score (nSPS) is 11.2. The summed E-state index contributed by atoms with van der Waals surface area (Å²) in [6.45, 7) is 4.32. The molecular formula is C23H21F2N5O2S. The number of fused-ring (bicyclic) bond motifs is 1. The number of hydrogen-bond acceptors (Lipinski definition) is 5. The lowest BCUT2D eigenvalue weighted by Crippen LogP contribution is -2.26. The number of carbonyl (C=O) groups excluding carboxylic acids is 1. The minimum Gasteiger partial charge on any atom is -0.325 e. The summed E-state index contributed by atoms with van der Waals surface area (Å²) in [6, 6.07) is 11.4. The molecule has 1 amide bonds. The lowest BCUT2D eigenvalue weighted by Gasteiger charge is -2.13. The second kappa shape index (κ2) is 9.53. The lowest BCUT2D eigenvalue weighted by atomic mass is 10.2. The molecule has 7 nitrogen and oxygen atoms in total. The first-order chi connectivity index (χ1) is 15.9. The van der Waals surface area contributed by atoms with Crippen molar-refractivity contribution < 1.29 is 13.6 Å². The molecule has 2 aromatic heterocycles. The molecule has 0 aliphatic rings. The summed E-state index contributed by atoms with van der Waals surface area (Å²) in [4.78, 5) is 30.5. The Morgan fingerprint density at radius 3 is 2.58 bits per heavy atom. The van der Waals surface area contributed by atoms with Gasteiger partial charge in [-0.1, -0.05) is 30.0 Å². The van der Waals surface area contributed by atoms with Crippen LogP contribution in [-0.4, -0.2) is 31.0 Å². The summed E-state index contributed by atoms with van der Waals surface area (Å²) in [7, 11) is 0. The minimum atomic E-state index is -0.455. The van der Waals surface area contributed by atoms with Crippen molar-refractivity contribution in [3.63, 3.8) is 0 Å². The molecule has 1 N–H and O–H groups in total. The maximum atomic E-state index is 13.4. The van der Waals surface area contributed by atoms with Gasteiger partial charge in [0.2, 0.25) is 5.91 Å². The largest absolute Gasteiger partial charge is 0.325 e. The zero-order valence-electron chi connectivity index (χ0n) is 18.0. The number of hydrogen-bond donors (Lipinski definition) is 1. The van der Waals surface area contributed by atoms with Crippen molar-refractivity contribution in [3.8, 4) is 0 Å². The topological polar surface area (TPSA) is 81.8 Å². The fraction of sp³-hybridized carbons (Fsp3) is 0.217. The number of nitrogens with one attached hydrogen (secondary N) is 1. The number of anilines is 1. The highest BCUT2D eigenvalue weighted by Crippen LogP contribution is 2.21. The first-order valence-electron chi connectivity index (χ1n) is 10.3. The third-order valence-electron chi connectivity index (χ3n) is 4.98. The van der Waals surface area contributed by atoms with Crippen LogP contribution in [0.1, 0.15) is 18.2 Å². The van der Waals surface area contributed by atoms with E-state index in [1.54, 1.807) is 29.8 Å². The van der Waals surface area contributed by atoms with Gasteiger partial charge in [-0.3, -0.25) is 18.8 Å². The Hall–Kier alpha value is -3.53. The standard InChI is InChI=1S/C23H21F2N5O2S/c1-3-30-21-20(14(2)28-30)27-23(29(22(21)32)12-15-7-9-16(24)10-8-15)33-13-19(31)26-18-6-4-5-17(25)11-18/h4-11H,3,12-13H2,1-2H3,(H,26,31). The Bertz CT molecular complexity index is 1380. The predicted octanol–water partition coefficient (Wildman–Crippen LogP) is 3.98. The Morgan fingerprint density at radius 1 is 1.12 bits per heavy atom. The van der Waals surface area contributed by atoms with E-state index in [0.29, 0.717) is 39.7 Å². The number of nitrogens with zero attached hydrogens (tertiary/aromatic N) is 4. The van der Waals surface area contributed by atoms with Gasteiger partial charge >= 0.3 is 0 Å². The first kappa shape index (κ1) is 22.7. The van der Waals surface area contributed by atoms with E-state index in [-0.39, 0.29) is 29.6 Å². The summed E-state index contributed by atoms with van der Waals surface area (Å²) >= 11 is 1.09. The predicted molar refractivity (Wildman–Crippen MR) is 123 cm³/mol. The van der Waals surface area contributed by atoms with Crippen LogP contribution in [-0.2, 0) is 17.9 Å². The quantitative estimate of drug-likeness (QED) is 0.327. The Labute approximate surface area is 192 Å². The molecular weight excluding hydrogens is 448 g/mol. The van der Waals surface area contributed by atoms with E-state index in [1.807, 2.05) is 6.92 Å². The van der Waals surface area contributed by atoms with Crippen molar-refractivity contribution in [2.45, 2.75) is 32.1 Å². The molecule has 0 saturated carbocycles. The maximum Gasteiger partial charge on any atom is 0.280 e. The SMILES string of the molecule is CCn1nc(C)c2nc(SCC(=O)Nc3cccc(F)c3)n(Cc3ccc(F)cc3)c(=O)c21. The zero-order chi connectivity index (χ0) is 23.5. The maximum absolute atomic E-state index is 13.4. The molecule has 0 bridgehead atoms. The molecule has 0 atom stereocenters. The highest BCUT2D eigenvalue weighted by Gasteiger charge is 2.19. The molecule has 0 fully saturated rings. The number of aromatic nitrogens is 4. The molecule has 4 rings (SSSR count). The van der Waals surface area contributed by atoms with Crippen molar-refractivity contribution in [2.75, 3.05) is 11.1 Å². The second-order valence-electron chi connectivity index (χ2n) is 7.36. The number of amides is 1. The molecule has 0 saturated heterocycles. The van der Waals surface area contributed by atoms with E-state index in [9.17, 15) is 18.4 Å². The zero-order valence-corrected chi connectivity index (χ0v) is 18.8. The molecule has 0 radical (unpaired) electrons. The van der Waals surface area contributed by atoms with Gasteiger partial charge in [-0.15, -0.1) is 0 Å². The molecule has 10 heteroatoms. The number of halogens is 2. The van der Waals surface area contributed by atoms with Crippen molar-refractivity contribution in [1.82, 2.24) is 19.3 Å². The van der Waals surface area contributed by atoms with Crippen LogP contribution >= 0.6 is 11.8 Å². The number of carbonyl (C=O) groups is 1. The van der Waals surface area contributed by atoms with Crippen molar-refractivity contribution in [3.05, 3.63) is 81.8 Å². The van der Waals surface area contributed by atoms with Crippen LogP contribution in [0.4, 0.5) is 14.5 Å². The Kier molecular flexibility index (Phi) is 6.55. The summed E-state index contributed by atoms with van der Waals surface area (Å²) in [5, 5.41) is 7.37. The molecule has 2 aromatic carbocycles. The molecule has 170 valence electrons. The van der Waals surface area contributed by atoms with Crippen LogP contribution in [0.15, 0.2) is 58.5 Å². The summed E-state index contributed by atoms with van der Waals surface area (Å²) in [6.07, 6.45) is 0. The van der Waals surface area contributed by atoms with Gasteiger partial charge in [-0.25, -0.2) is 13.8 Å². The van der Waals surface area contributed by atoms with Crippen LogP contribution in [0.2, 0.25) is 0 Å². The van der Waals surface area contributed by atoms with Crippen molar-refractivity contribution in [1.29, 1.82) is 0 Å². The molecule has 2 heterocycles. The summed E-state index contributed by atoms with van der Waals surface area (Å²) < 4.78 is 29.8. The fourth-order valence-electron chi connectivity index (χ4n) is 3.43. The van der Waals surface area contributed by atoms with Crippen LogP contribution in [0.25, 0.3) is 11.0 Å². The van der Waals surface area contributed by atoms with Crippen LogP contribution in [0.3, 0.4) is 0 Å². The third kappa shape index (κ3) is 4.95. The van der Waals surface area contributed by atoms with Crippen LogP contribution in [0, 0.1) is 18.6 Å². The van der Waals surface area contributed by atoms with Gasteiger partial charge in [0.05, 0.1) is 18.0 Å². The molecule has 0 spiro atoms. The summed E-state index contributed by atoms with van der Waals surface area (Å²) in [5.41, 5.74) is 2.23. The number of benzene rings is 2. The fourth-order valence-corrected chi connectivity index (χ4v) is 4.22. The van der Waals surface area contributed by atoms with E-state index in [4.69, 9.17) is 0 Å². The van der Waals surface area contributed by atoms with Gasteiger partial charge < -0.3 is 5.32 Å². The highest BCUT2D eigenvalue weighted by molar-refractivity contribution is 7.99. The Morgan fingerprint density at radius 2 is 1.88 bits per heavy atom. The Balaban J connectivity index is 1.67. The van der Waals surface area contributed by atoms with Crippen molar-refractivity contribution >= 4 is 34.4 Å². The van der Waals surface area contributed by atoms with Crippen LogP contribution < -0.4 is 10.9 Å². The molecule has 0 aliphatic heterocycles. The molecule has 33 heavy (non-hydrogen) atoms. The van der Waals surface area contributed by atoms with E-state index >= 15 is 0 Å². The minimum absolute atomic E-state index is 0.0428. The van der Waals surface area contributed by atoms with Gasteiger partial charge in [0.1, 0.15) is 17.2 Å². The van der Waals surface area contributed by atoms with Crippen molar-refractivity contribution in [2.24, 2.45) is 0 Å². The van der Waals surface area contributed by atoms with E-state index < -0.39 is 5.82 Å². The second-order valence-corrected chi connectivity index (χ2v) is 8.30. The molecule has 0 aliphatic carbocycles. The first-order valence-corrected chi connectivity index (χ1v) is 11.2. The number of aryl methyl sites for hydroxylation is 2. The van der Waals surface area contributed by atoms with Gasteiger partial charge in [-0.2, -0.15) is 5.10 Å². The van der Waals surface area contributed by atoms with Gasteiger partial charge in [0, 0.05) is 12.2 Å².